The number of aryl methyl sites for hydroxylation is 1. The molecular weight excluding hydrogens is 345 g/mol. The molecule has 1 aliphatic rings. The summed E-state index contributed by atoms with van der Waals surface area (Å²) in [5.41, 5.74) is 4.08. The molecule has 136 valence electrons. The predicted octanol–water partition coefficient (Wildman–Crippen LogP) is 3.24. The zero-order chi connectivity index (χ0) is 18.4. The van der Waals surface area contributed by atoms with Crippen molar-refractivity contribution < 1.29 is 4.39 Å². The van der Waals surface area contributed by atoms with Gasteiger partial charge < -0.3 is 4.98 Å². The van der Waals surface area contributed by atoms with Gasteiger partial charge in [0.2, 0.25) is 5.95 Å². The molecule has 0 bridgehead atoms. The number of H-pyrrole nitrogens is 2. The first-order valence-electron chi connectivity index (χ1n) is 9.08. The van der Waals surface area contributed by atoms with Crippen molar-refractivity contribution in [3.8, 4) is 5.95 Å². The molecule has 0 unspecified atom stereocenters. The molecule has 1 aliphatic carbocycles. The number of nitrogens with one attached hydrogen (secondary N) is 2. The highest BCUT2D eigenvalue weighted by atomic mass is 19.1. The topological polar surface area (TPSA) is 79.4 Å². The molecule has 4 aromatic rings. The quantitative estimate of drug-likeness (QED) is 0.571. The fraction of sp³-hybridized carbons (Fsp3) is 0.250. The lowest BCUT2D eigenvalue weighted by Gasteiger charge is -2.01. The Morgan fingerprint density at radius 1 is 1.15 bits per heavy atom. The van der Waals surface area contributed by atoms with E-state index in [1.54, 1.807) is 18.3 Å². The van der Waals surface area contributed by atoms with E-state index >= 15 is 0 Å². The van der Waals surface area contributed by atoms with Crippen LogP contribution in [-0.2, 0) is 12.8 Å². The third-order valence-corrected chi connectivity index (χ3v) is 5.04. The van der Waals surface area contributed by atoms with Crippen molar-refractivity contribution in [1.29, 1.82) is 0 Å². The number of aromatic nitrogens is 5. The van der Waals surface area contributed by atoms with Gasteiger partial charge in [-0.05, 0) is 55.5 Å². The van der Waals surface area contributed by atoms with Crippen LogP contribution in [0.3, 0.4) is 0 Å². The highest BCUT2D eigenvalue weighted by Gasteiger charge is 2.30. The highest BCUT2D eigenvalue weighted by molar-refractivity contribution is 5.71. The summed E-state index contributed by atoms with van der Waals surface area (Å²) in [6.07, 6.45) is 5.15. The van der Waals surface area contributed by atoms with E-state index in [9.17, 15) is 9.18 Å². The minimum atomic E-state index is -0.250. The largest absolute Gasteiger partial charge is 0.321 e. The van der Waals surface area contributed by atoms with Crippen LogP contribution in [0.25, 0.3) is 17.1 Å². The molecule has 1 saturated carbocycles. The Kier molecular flexibility index (Phi) is 3.67. The van der Waals surface area contributed by atoms with Gasteiger partial charge in [0.25, 0.3) is 5.56 Å². The number of benzene rings is 1. The van der Waals surface area contributed by atoms with Crippen LogP contribution in [0.2, 0.25) is 0 Å². The van der Waals surface area contributed by atoms with E-state index < -0.39 is 0 Å². The van der Waals surface area contributed by atoms with Gasteiger partial charge in [-0.2, -0.15) is 9.67 Å². The second kappa shape index (κ2) is 6.19. The summed E-state index contributed by atoms with van der Waals surface area (Å²) in [5.74, 6) is 0.605. The number of rotatable bonds is 5. The summed E-state index contributed by atoms with van der Waals surface area (Å²) in [5, 5.41) is 3.26. The van der Waals surface area contributed by atoms with Crippen molar-refractivity contribution >= 4 is 11.2 Å². The Balaban J connectivity index is 1.51. The van der Waals surface area contributed by atoms with Crippen LogP contribution in [0, 0.1) is 5.82 Å². The fourth-order valence-corrected chi connectivity index (χ4v) is 3.45. The lowest BCUT2D eigenvalue weighted by Crippen LogP contribution is -2.19. The number of pyridine rings is 1. The molecule has 3 heterocycles. The number of hydrogen-bond donors (Lipinski definition) is 2. The average Bonchev–Trinajstić information content (AvgIpc) is 3.34. The van der Waals surface area contributed by atoms with Crippen LogP contribution in [0.1, 0.15) is 35.6 Å². The van der Waals surface area contributed by atoms with Crippen molar-refractivity contribution in [3.63, 3.8) is 0 Å². The van der Waals surface area contributed by atoms with Gasteiger partial charge in [-0.25, -0.2) is 9.37 Å². The first-order valence-corrected chi connectivity index (χ1v) is 9.08. The predicted molar refractivity (Wildman–Crippen MR) is 99.6 cm³/mol. The Bertz CT molecular complexity index is 1130. The molecule has 0 spiro atoms. The van der Waals surface area contributed by atoms with E-state index in [2.05, 4.69) is 20.1 Å². The molecule has 0 atom stereocenters. The Hall–Kier alpha value is -3.22. The maximum Gasteiger partial charge on any atom is 0.277 e. The third kappa shape index (κ3) is 2.95. The zero-order valence-electron chi connectivity index (χ0n) is 14.6. The minimum absolute atomic E-state index is 0.0851. The van der Waals surface area contributed by atoms with Gasteiger partial charge in [-0.15, -0.1) is 0 Å². The molecule has 6 nitrogen and oxygen atoms in total. The average molecular weight is 363 g/mol. The molecule has 3 aromatic heterocycles. The summed E-state index contributed by atoms with van der Waals surface area (Å²) >= 11 is 0. The van der Waals surface area contributed by atoms with Crippen molar-refractivity contribution in [2.75, 3.05) is 0 Å². The molecule has 27 heavy (non-hydrogen) atoms. The molecule has 5 rings (SSSR count). The Labute approximate surface area is 154 Å². The number of imidazole rings is 1. The number of nitrogens with zero attached hydrogens (tertiary/aromatic N) is 3. The van der Waals surface area contributed by atoms with E-state index in [4.69, 9.17) is 0 Å². The molecule has 0 radical (unpaired) electrons. The minimum Gasteiger partial charge on any atom is -0.321 e. The summed E-state index contributed by atoms with van der Waals surface area (Å²) < 4.78 is 14.6. The van der Waals surface area contributed by atoms with Crippen LogP contribution in [0.4, 0.5) is 4.39 Å². The van der Waals surface area contributed by atoms with Gasteiger partial charge in [0.05, 0.1) is 5.52 Å². The number of aromatic amines is 2. The van der Waals surface area contributed by atoms with E-state index in [1.165, 1.54) is 16.8 Å². The number of hydrogen-bond acceptors (Lipinski definition) is 3. The highest BCUT2D eigenvalue weighted by Crippen LogP contribution is 2.40. The smallest absolute Gasteiger partial charge is 0.277 e. The van der Waals surface area contributed by atoms with Crippen LogP contribution < -0.4 is 5.56 Å². The molecule has 1 fully saturated rings. The molecule has 2 N–H and O–H groups in total. The number of halogens is 1. The van der Waals surface area contributed by atoms with Gasteiger partial charge in [0.15, 0.2) is 5.65 Å². The second-order valence-corrected chi connectivity index (χ2v) is 6.98. The van der Waals surface area contributed by atoms with Crippen molar-refractivity contribution in [3.05, 3.63) is 75.6 Å². The summed E-state index contributed by atoms with van der Waals surface area (Å²) in [7, 11) is 0. The molecule has 7 heteroatoms. The summed E-state index contributed by atoms with van der Waals surface area (Å²) in [6, 6.07) is 10.1. The molecule has 0 saturated heterocycles. The van der Waals surface area contributed by atoms with Crippen LogP contribution in [0.15, 0.2) is 47.4 Å². The summed E-state index contributed by atoms with van der Waals surface area (Å²) in [4.78, 5) is 24.9. The van der Waals surface area contributed by atoms with E-state index in [0.29, 0.717) is 30.4 Å². The molecule has 0 amide bonds. The summed E-state index contributed by atoms with van der Waals surface area (Å²) in [6.45, 7) is 0. The SMILES string of the molecule is O=c1c(CCc2ccc(F)cc2)c(C2CC2)[nH]n1-c1nc2ncccc2[nH]1. The van der Waals surface area contributed by atoms with Crippen molar-refractivity contribution in [2.45, 2.75) is 31.6 Å². The first-order chi connectivity index (χ1) is 13.2. The first kappa shape index (κ1) is 16.0. The van der Waals surface area contributed by atoms with Gasteiger partial charge >= 0.3 is 0 Å². The van der Waals surface area contributed by atoms with E-state index in [-0.39, 0.29) is 11.4 Å². The molecule has 0 aliphatic heterocycles. The maximum atomic E-state index is 13.1. The lowest BCUT2D eigenvalue weighted by atomic mass is 10.0. The van der Waals surface area contributed by atoms with Crippen LogP contribution in [0.5, 0.6) is 0 Å². The van der Waals surface area contributed by atoms with Gasteiger partial charge in [-0.1, -0.05) is 12.1 Å². The Morgan fingerprint density at radius 3 is 2.70 bits per heavy atom. The van der Waals surface area contributed by atoms with Crippen LogP contribution >= 0.6 is 0 Å². The zero-order valence-corrected chi connectivity index (χ0v) is 14.6. The number of fused-ring (bicyclic) bond motifs is 1. The van der Waals surface area contributed by atoms with Crippen LogP contribution in [-0.4, -0.2) is 24.7 Å². The second-order valence-electron chi connectivity index (χ2n) is 6.98. The van der Waals surface area contributed by atoms with Gasteiger partial charge in [0.1, 0.15) is 5.82 Å². The fourth-order valence-electron chi connectivity index (χ4n) is 3.45. The van der Waals surface area contributed by atoms with E-state index in [1.807, 2.05) is 12.1 Å². The van der Waals surface area contributed by atoms with Crippen molar-refractivity contribution in [1.82, 2.24) is 24.7 Å². The maximum absolute atomic E-state index is 13.1. The molecule has 1 aromatic carbocycles. The lowest BCUT2D eigenvalue weighted by molar-refractivity contribution is 0.627. The normalized spacial score (nSPS) is 14.1. The standard InChI is InChI=1S/C20H18FN5O/c21-14-8-3-12(4-9-14)5-10-15-17(13-6-7-13)25-26(19(15)27)20-23-16-2-1-11-22-18(16)24-20/h1-4,8-9,11,13,25H,5-7,10H2,(H,22,23,24). The Morgan fingerprint density at radius 2 is 1.96 bits per heavy atom. The van der Waals surface area contributed by atoms with Gasteiger partial charge in [-0.3, -0.25) is 9.89 Å². The van der Waals surface area contributed by atoms with E-state index in [0.717, 1.165) is 35.2 Å². The van der Waals surface area contributed by atoms with Gasteiger partial charge in [0, 0.05) is 23.4 Å². The van der Waals surface area contributed by atoms with Crippen molar-refractivity contribution in [2.24, 2.45) is 0 Å². The third-order valence-electron chi connectivity index (χ3n) is 5.04. The molecular formula is C20H18FN5O. The monoisotopic (exact) mass is 363 g/mol.